The van der Waals surface area contributed by atoms with Crippen LogP contribution in [-0.4, -0.2) is 43.0 Å². The van der Waals surface area contributed by atoms with Crippen molar-refractivity contribution in [2.45, 2.75) is 65.6 Å². The number of nitrogens with zero attached hydrogens (tertiary/aromatic N) is 1. The van der Waals surface area contributed by atoms with Crippen molar-refractivity contribution in [3.8, 4) is 11.5 Å². The molecule has 0 heterocycles. The van der Waals surface area contributed by atoms with Crippen LogP contribution in [0.1, 0.15) is 50.3 Å². The van der Waals surface area contributed by atoms with E-state index >= 15 is 0 Å². The Labute approximate surface area is 191 Å². The predicted molar refractivity (Wildman–Crippen MR) is 127 cm³/mol. The molecule has 2 atom stereocenters. The molecule has 0 unspecified atom stereocenters. The number of rotatable bonds is 11. The lowest BCUT2D eigenvalue weighted by atomic mass is 10.1. The lowest BCUT2D eigenvalue weighted by Crippen LogP contribution is -2.49. The third kappa shape index (κ3) is 7.01. The Morgan fingerprint density at radius 1 is 1.00 bits per heavy atom. The van der Waals surface area contributed by atoms with Gasteiger partial charge in [0, 0.05) is 19.0 Å². The first-order valence-electron chi connectivity index (χ1n) is 11.1. The van der Waals surface area contributed by atoms with Crippen molar-refractivity contribution in [2.75, 3.05) is 14.2 Å². The smallest absolute Gasteiger partial charge is 0.242 e. The van der Waals surface area contributed by atoms with E-state index in [2.05, 4.69) is 5.32 Å². The number of benzene rings is 2. The van der Waals surface area contributed by atoms with Gasteiger partial charge in [0.25, 0.3) is 0 Å². The van der Waals surface area contributed by atoms with E-state index in [1.165, 1.54) is 0 Å². The van der Waals surface area contributed by atoms with Crippen molar-refractivity contribution < 1.29 is 19.1 Å². The number of aryl methyl sites for hydroxylation is 2. The Morgan fingerprint density at radius 3 is 2.34 bits per heavy atom. The van der Waals surface area contributed by atoms with Crippen molar-refractivity contribution >= 4 is 11.8 Å². The van der Waals surface area contributed by atoms with Gasteiger partial charge >= 0.3 is 0 Å². The highest BCUT2D eigenvalue weighted by Crippen LogP contribution is 2.28. The van der Waals surface area contributed by atoms with Crippen molar-refractivity contribution in [3.63, 3.8) is 0 Å². The van der Waals surface area contributed by atoms with Crippen LogP contribution in [0.3, 0.4) is 0 Å². The van der Waals surface area contributed by atoms with Gasteiger partial charge in [-0.2, -0.15) is 0 Å². The second-order valence-corrected chi connectivity index (χ2v) is 8.19. The number of nitrogens with one attached hydrogen (secondary N) is 1. The summed E-state index contributed by atoms with van der Waals surface area (Å²) in [6.45, 7) is 8.19. The number of ether oxygens (including phenoxy) is 2. The van der Waals surface area contributed by atoms with Gasteiger partial charge in [0.15, 0.2) is 11.5 Å². The fourth-order valence-electron chi connectivity index (χ4n) is 3.49. The van der Waals surface area contributed by atoms with E-state index in [-0.39, 0.29) is 17.9 Å². The molecular weight excluding hydrogens is 404 g/mol. The van der Waals surface area contributed by atoms with E-state index in [1.807, 2.05) is 63.2 Å². The van der Waals surface area contributed by atoms with E-state index < -0.39 is 6.04 Å². The second kappa shape index (κ2) is 12.1. The van der Waals surface area contributed by atoms with Crippen LogP contribution in [0.4, 0.5) is 0 Å². The average molecular weight is 441 g/mol. The van der Waals surface area contributed by atoms with Crippen LogP contribution in [0, 0.1) is 6.92 Å². The number of hydrogen-bond acceptors (Lipinski definition) is 4. The summed E-state index contributed by atoms with van der Waals surface area (Å²) < 4.78 is 10.7. The quantitative estimate of drug-likeness (QED) is 0.566. The molecule has 6 heteroatoms. The van der Waals surface area contributed by atoms with Gasteiger partial charge in [-0.05, 0) is 56.9 Å². The van der Waals surface area contributed by atoms with E-state index in [4.69, 9.17) is 9.47 Å². The number of carbonyl (C=O) groups is 2. The number of hydrogen-bond donors (Lipinski definition) is 1. The van der Waals surface area contributed by atoms with Crippen molar-refractivity contribution in [1.82, 2.24) is 10.2 Å². The summed E-state index contributed by atoms with van der Waals surface area (Å²) >= 11 is 0. The molecule has 2 rings (SSSR count). The zero-order chi connectivity index (χ0) is 23.7. The predicted octanol–water partition coefficient (Wildman–Crippen LogP) is 4.28. The molecule has 6 nitrogen and oxygen atoms in total. The first-order chi connectivity index (χ1) is 15.3. The molecule has 0 aliphatic rings. The number of carbonyl (C=O) groups excluding carboxylic acids is 2. The molecule has 0 fully saturated rings. The fourth-order valence-corrected chi connectivity index (χ4v) is 3.49. The van der Waals surface area contributed by atoms with Gasteiger partial charge in [-0.3, -0.25) is 9.59 Å². The highest BCUT2D eigenvalue weighted by atomic mass is 16.5. The van der Waals surface area contributed by atoms with Crippen LogP contribution in [0.5, 0.6) is 11.5 Å². The molecule has 174 valence electrons. The molecule has 2 amide bonds. The zero-order valence-electron chi connectivity index (χ0n) is 20.1. The van der Waals surface area contributed by atoms with Gasteiger partial charge in [-0.15, -0.1) is 0 Å². The van der Waals surface area contributed by atoms with Gasteiger partial charge in [-0.1, -0.05) is 42.8 Å². The topological polar surface area (TPSA) is 67.9 Å². The van der Waals surface area contributed by atoms with Crippen LogP contribution >= 0.6 is 0 Å². The molecule has 1 N–H and O–H groups in total. The molecule has 0 saturated heterocycles. The summed E-state index contributed by atoms with van der Waals surface area (Å²) in [7, 11) is 3.18. The van der Waals surface area contributed by atoms with Crippen LogP contribution < -0.4 is 14.8 Å². The minimum absolute atomic E-state index is 0.0620. The molecule has 32 heavy (non-hydrogen) atoms. The maximum atomic E-state index is 13.3. The van der Waals surface area contributed by atoms with Gasteiger partial charge in [0.2, 0.25) is 11.8 Å². The lowest BCUT2D eigenvalue weighted by Gasteiger charge is -2.30. The zero-order valence-corrected chi connectivity index (χ0v) is 20.1. The Bertz CT molecular complexity index is 912. The molecule has 0 bridgehead atoms. The Balaban J connectivity index is 2.18. The van der Waals surface area contributed by atoms with Gasteiger partial charge in [0.1, 0.15) is 6.04 Å². The molecule has 0 radical (unpaired) electrons. The highest BCUT2D eigenvalue weighted by Gasteiger charge is 2.26. The summed E-state index contributed by atoms with van der Waals surface area (Å²) in [5.74, 6) is 1.09. The average Bonchev–Trinajstić information content (AvgIpc) is 2.80. The molecule has 2 aromatic carbocycles. The Morgan fingerprint density at radius 2 is 1.72 bits per heavy atom. The molecule has 0 aliphatic heterocycles. The summed E-state index contributed by atoms with van der Waals surface area (Å²) in [5, 5.41) is 3.00. The summed E-state index contributed by atoms with van der Waals surface area (Å²) in [6.07, 6.45) is 1.68. The maximum Gasteiger partial charge on any atom is 0.242 e. The van der Waals surface area contributed by atoms with Crippen LogP contribution in [0.15, 0.2) is 42.5 Å². The molecule has 0 aliphatic carbocycles. The van der Waals surface area contributed by atoms with E-state index in [9.17, 15) is 9.59 Å². The van der Waals surface area contributed by atoms with Crippen molar-refractivity contribution in [2.24, 2.45) is 0 Å². The maximum absolute atomic E-state index is 13.3. The molecule has 0 spiro atoms. The van der Waals surface area contributed by atoms with E-state index in [0.717, 1.165) is 23.1 Å². The Kier molecular flexibility index (Phi) is 9.57. The van der Waals surface area contributed by atoms with E-state index in [1.54, 1.807) is 26.0 Å². The Hall–Kier alpha value is -3.02. The molecule has 0 saturated carbocycles. The second-order valence-electron chi connectivity index (χ2n) is 8.19. The summed E-state index contributed by atoms with van der Waals surface area (Å²) in [5.41, 5.74) is 3.10. The first-order valence-corrected chi connectivity index (χ1v) is 11.1. The van der Waals surface area contributed by atoms with Crippen molar-refractivity contribution in [1.29, 1.82) is 0 Å². The van der Waals surface area contributed by atoms with Gasteiger partial charge in [0.05, 0.1) is 14.2 Å². The van der Waals surface area contributed by atoms with Crippen LogP contribution in [0.2, 0.25) is 0 Å². The fraction of sp³-hybridized carbons (Fsp3) is 0.462. The molecule has 2 aromatic rings. The van der Waals surface area contributed by atoms with Crippen LogP contribution in [-0.2, 0) is 22.6 Å². The minimum Gasteiger partial charge on any atom is -0.493 e. The summed E-state index contributed by atoms with van der Waals surface area (Å²) in [4.78, 5) is 27.8. The SMILES string of the molecule is CC[C@H](C)NC(=O)[C@@H](C)N(Cc1cccc(C)c1)C(=O)CCc1ccc(OC)c(OC)c1. The lowest BCUT2D eigenvalue weighted by molar-refractivity contribution is -0.140. The largest absolute Gasteiger partial charge is 0.493 e. The third-order valence-corrected chi connectivity index (χ3v) is 5.68. The van der Waals surface area contributed by atoms with Gasteiger partial charge in [-0.25, -0.2) is 0 Å². The molecule has 0 aromatic heterocycles. The number of methoxy groups -OCH3 is 2. The summed E-state index contributed by atoms with van der Waals surface area (Å²) in [6, 6.07) is 13.2. The highest BCUT2D eigenvalue weighted by molar-refractivity contribution is 5.87. The van der Waals surface area contributed by atoms with E-state index in [0.29, 0.717) is 30.9 Å². The minimum atomic E-state index is -0.567. The van der Waals surface area contributed by atoms with Crippen molar-refractivity contribution in [3.05, 3.63) is 59.2 Å². The standard InChI is InChI=1S/C26H36N2O4/c1-7-19(3)27-26(30)20(4)28(17-22-10-8-9-18(2)15-22)25(29)14-12-21-11-13-23(31-5)24(16-21)32-6/h8-11,13,15-16,19-20H,7,12,14,17H2,1-6H3,(H,27,30)/t19-,20+/m0/s1. The first kappa shape index (κ1) is 25.2. The third-order valence-electron chi connectivity index (χ3n) is 5.68. The number of amides is 2. The molecular formula is C26H36N2O4. The monoisotopic (exact) mass is 440 g/mol. The van der Waals surface area contributed by atoms with Gasteiger partial charge < -0.3 is 19.7 Å². The van der Waals surface area contributed by atoms with Crippen LogP contribution in [0.25, 0.3) is 0 Å². The normalized spacial score (nSPS) is 12.6.